The number of nitrogens with one attached hydrogen (secondary N) is 1. The maximum atomic E-state index is 14.4. The molecule has 0 amide bonds. The average Bonchev–Trinajstić information content (AvgIpc) is 2.85. The maximum absolute atomic E-state index is 14.4. The van der Waals surface area contributed by atoms with E-state index in [1.807, 2.05) is 24.3 Å². The van der Waals surface area contributed by atoms with Crippen LogP contribution >= 0.6 is 40.7 Å². The molecule has 11 heteroatoms. The first-order valence-electron chi connectivity index (χ1n) is 11.0. The molecular formula is C25H26BrCl2FN4O3. The summed E-state index contributed by atoms with van der Waals surface area (Å²) in [5.74, 6) is 1.49. The Kier molecular flexibility index (Phi) is 9.92. The predicted molar refractivity (Wildman–Crippen MR) is 148 cm³/mol. The highest BCUT2D eigenvalue weighted by Crippen LogP contribution is 2.36. The maximum Gasteiger partial charge on any atom is 0.161 e. The van der Waals surface area contributed by atoms with Gasteiger partial charge in [0.15, 0.2) is 11.5 Å². The summed E-state index contributed by atoms with van der Waals surface area (Å²) in [6.45, 7) is 4.76. The van der Waals surface area contributed by atoms with Gasteiger partial charge in [0.2, 0.25) is 0 Å². The largest absolute Gasteiger partial charge is 0.493 e. The van der Waals surface area contributed by atoms with Gasteiger partial charge in [-0.15, -0.1) is 24.8 Å². The van der Waals surface area contributed by atoms with Crippen molar-refractivity contribution in [2.75, 3.05) is 51.9 Å². The lowest BCUT2D eigenvalue weighted by Crippen LogP contribution is -2.38. The molecule has 1 saturated heterocycles. The van der Waals surface area contributed by atoms with Crippen LogP contribution in [0.15, 0.2) is 53.3 Å². The second kappa shape index (κ2) is 12.7. The number of aromatic nitrogens is 2. The van der Waals surface area contributed by atoms with Crippen molar-refractivity contribution < 1.29 is 18.6 Å². The number of benzene rings is 3. The summed E-state index contributed by atoms with van der Waals surface area (Å²) in [5.41, 5.74) is 1.08. The number of methoxy groups -OCH3 is 1. The number of fused-ring (bicyclic) bond motifs is 2. The molecule has 0 radical (unpaired) electrons. The zero-order valence-corrected chi connectivity index (χ0v) is 22.7. The van der Waals surface area contributed by atoms with Crippen LogP contribution in [0.5, 0.6) is 11.5 Å². The minimum absolute atomic E-state index is 0. The molecule has 1 aliphatic heterocycles. The Hall–Kier alpha value is -2.43. The highest BCUT2D eigenvalue weighted by Gasteiger charge is 2.14. The summed E-state index contributed by atoms with van der Waals surface area (Å²) in [5, 5.41) is 5.78. The minimum Gasteiger partial charge on any atom is -0.493 e. The highest BCUT2D eigenvalue weighted by molar-refractivity contribution is 9.10. The van der Waals surface area contributed by atoms with E-state index in [0.29, 0.717) is 34.1 Å². The Morgan fingerprint density at radius 3 is 2.53 bits per heavy atom. The van der Waals surface area contributed by atoms with E-state index in [-0.39, 0.29) is 30.6 Å². The second-order valence-corrected chi connectivity index (χ2v) is 8.91. The molecule has 0 saturated carbocycles. The molecule has 4 aromatic rings. The van der Waals surface area contributed by atoms with Gasteiger partial charge in [0, 0.05) is 29.5 Å². The third kappa shape index (κ3) is 6.27. The first kappa shape index (κ1) is 28.1. The smallest absolute Gasteiger partial charge is 0.161 e. The molecule has 1 N–H and O–H groups in total. The predicted octanol–water partition coefficient (Wildman–Crippen LogP) is 5.99. The summed E-state index contributed by atoms with van der Waals surface area (Å²) in [4.78, 5) is 11.1. The van der Waals surface area contributed by atoms with Crippen LogP contribution < -0.4 is 14.8 Å². The van der Waals surface area contributed by atoms with E-state index in [1.54, 1.807) is 19.2 Å². The first-order chi connectivity index (χ1) is 16.6. The number of hydrogen-bond donors (Lipinski definition) is 1. The summed E-state index contributed by atoms with van der Waals surface area (Å²) < 4.78 is 32.1. The second-order valence-electron chi connectivity index (χ2n) is 7.99. The quantitative estimate of drug-likeness (QED) is 0.262. The summed E-state index contributed by atoms with van der Waals surface area (Å²) >= 11 is 3.28. The molecule has 2 heterocycles. The van der Waals surface area contributed by atoms with E-state index >= 15 is 0 Å². The SMILES string of the molecule is COc1cc2cc3c(Nc4ccc(Br)cc4F)ncnc3cc2cc1OCCN1CCOCC1.Cl.Cl. The number of hydrogen-bond acceptors (Lipinski definition) is 7. The molecule has 1 aromatic heterocycles. The molecule has 7 nitrogen and oxygen atoms in total. The van der Waals surface area contributed by atoms with Crippen molar-refractivity contribution in [1.82, 2.24) is 14.9 Å². The molecule has 0 bridgehead atoms. The van der Waals surface area contributed by atoms with Gasteiger partial charge in [0.05, 0.1) is 31.5 Å². The molecule has 0 atom stereocenters. The topological polar surface area (TPSA) is 68.7 Å². The average molecular weight is 600 g/mol. The third-order valence-electron chi connectivity index (χ3n) is 5.83. The fraction of sp³-hybridized carbons (Fsp3) is 0.280. The summed E-state index contributed by atoms with van der Waals surface area (Å²) in [6.07, 6.45) is 1.47. The number of anilines is 2. The van der Waals surface area contributed by atoms with Gasteiger partial charge >= 0.3 is 0 Å². The van der Waals surface area contributed by atoms with E-state index in [2.05, 4.69) is 36.1 Å². The molecule has 0 spiro atoms. The van der Waals surface area contributed by atoms with E-state index in [4.69, 9.17) is 14.2 Å². The third-order valence-corrected chi connectivity index (χ3v) is 6.32. The van der Waals surface area contributed by atoms with Crippen molar-refractivity contribution in [3.05, 3.63) is 59.1 Å². The van der Waals surface area contributed by atoms with Gasteiger partial charge in [-0.1, -0.05) is 15.9 Å². The minimum atomic E-state index is -0.373. The number of ether oxygens (including phenoxy) is 3. The van der Waals surface area contributed by atoms with Crippen LogP contribution in [-0.2, 0) is 4.74 Å². The first-order valence-corrected chi connectivity index (χ1v) is 11.8. The van der Waals surface area contributed by atoms with E-state index in [9.17, 15) is 4.39 Å². The Morgan fingerprint density at radius 1 is 1.03 bits per heavy atom. The zero-order valence-electron chi connectivity index (χ0n) is 19.5. The normalized spacial score (nSPS) is 13.6. The molecule has 36 heavy (non-hydrogen) atoms. The van der Waals surface area contributed by atoms with Crippen molar-refractivity contribution in [2.45, 2.75) is 0 Å². The number of rotatable bonds is 7. The van der Waals surface area contributed by atoms with Crippen LogP contribution in [0.3, 0.4) is 0 Å². The molecule has 1 fully saturated rings. The van der Waals surface area contributed by atoms with Crippen LogP contribution in [0.2, 0.25) is 0 Å². The summed E-state index contributed by atoms with van der Waals surface area (Å²) in [7, 11) is 1.63. The van der Waals surface area contributed by atoms with E-state index in [0.717, 1.165) is 54.5 Å². The van der Waals surface area contributed by atoms with Gasteiger partial charge in [-0.3, -0.25) is 4.90 Å². The van der Waals surface area contributed by atoms with Crippen LogP contribution in [-0.4, -0.2) is 61.4 Å². The lowest BCUT2D eigenvalue weighted by atomic mass is 10.1. The molecule has 1 aliphatic rings. The zero-order chi connectivity index (χ0) is 23.5. The van der Waals surface area contributed by atoms with Crippen LogP contribution in [0.4, 0.5) is 15.9 Å². The van der Waals surface area contributed by atoms with Crippen LogP contribution in [0.1, 0.15) is 0 Å². The van der Waals surface area contributed by atoms with Crippen LogP contribution in [0.25, 0.3) is 21.7 Å². The Balaban J connectivity index is 0.00000180. The standard InChI is InChI=1S/C25H24BrFN4O3.2ClH/c1-32-23-12-16-10-19-22(28-15-29-25(19)30-21-3-2-18(26)14-20(21)27)11-17(16)13-24(23)34-9-6-31-4-7-33-8-5-31;;/h2-3,10-15H,4-9H2,1H3,(H,28,29,30);2*1H. The molecule has 0 aliphatic carbocycles. The molecule has 192 valence electrons. The number of halogens is 4. The van der Waals surface area contributed by atoms with Crippen molar-refractivity contribution in [2.24, 2.45) is 0 Å². The number of nitrogens with zero attached hydrogens (tertiary/aromatic N) is 3. The van der Waals surface area contributed by atoms with Gasteiger partial charge in [0.1, 0.15) is 24.6 Å². The van der Waals surface area contributed by atoms with Crippen molar-refractivity contribution in [3.8, 4) is 11.5 Å². The van der Waals surface area contributed by atoms with E-state index in [1.165, 1.54) is 12.4 Å². The van der Waals surface area contributed by atoms with Crippen LogP contribution in [0, 0.1) is 5.82 Å². The van der Waals surface area contributed by atoms with Gasteiger partial charge < -0.3 is 19.5 Å². The Labute approximate surface area is 229 Å². The molecule has 5 rings (SSSR count). The van der Waals surface area contributed by atoms with Crippen molar-refractivity contribution in [1.29, 1.82) is 0 Å². The summed E-state index contributed by atoms with van der Waals surface area (Å²) in [6, 6.07) is 12.7. The molecule has 0 unspecified atom stereocenters. The highest BCUT2D eigenvalue weighted by atomic mass is 79.9. The van der Waals surface area contributed by atoms with Gasteiger partial charge in [-0.25, -0.2) is 14.4 Å². The number of morpholine rings is 1. The Bertz CT molecular complexity index is 1340. The lowest BCUT2D eigenvalue weighted by Gasteiger charge is -2.26. The fourth-order valence-electron chi connectivity index (χ4n) is 4.01. The van der Waals surface area contributed by atoms with Gasteiger partial charge in [0.25, 0.3) is 0 Å². The van der Waals surface area contributed by atoms with Crippen molar-refractivity contribution in [3.63, 3.8) is 0 Å². The van der Waals surface area contributed by atoms with Crippen molar-refractivity contribution >= 4 is 73.9 Å². The molecular weight excluding hydrogens is 574 g/mol. The van der Waals surface area contributed by atoms with Gasteiger partial charge in [-0.05, 0) is 53.2 Å². The Morgan fingerprint density at radius 2 is 1.78 bits per heavy atom. The fourth-order valence-corrected chi connectivity index (χ4v) is 4.34. The molecule has 3 aromatic carbocycles. The van der Waals surface area contributed by atoms with Gasteiger partial charge in [-0.2, -0.15) is 0 Å². The monoisotopic (exact) mass is 598 g/mol. The van der Waals surface area contributed by atoms with E-state index < -0.39 is 0 Å². The lowest BCUT2D eigenvalue weighted by molar-refractivity contribution is 0.0321.